The van der Waals surface area contributed by atoms with E-state index in [1.165, 1.54) is 0 Å². The maximum absolute atomic E-state index is 12.1. The van der Waals surface area contributed by atoms with Crippen LogP contribution in [-0.4, -0.2) is 5.78 Å². The molecule has 0 amide bonds. The summed E-state index contributed by atoms with van der Waals surface area (Å²) in [7, 11) is 0. The summed E-state index contributed by atoms with van der Waals surface area (Å²) < 4.78 is 0. The first-order chi connectivity index (χ1) is 8.56. The smallest absolute Gasteiger partial charge is 0.167 e. The van der Waals surface area contributed by atoms with Crippen LogP contribution in [0.5, 0.6) is 0 Å². The number of rotatable bonds is 3. The lowest BCUT2D eigenvalue weighted by Crippen LogP contribution is -2.03. The summed E-state index contributed by atoms with van der Waals surface area (Å²) in [6.45, 7) is 0. The summed E-state index contributed by atoms with van der Waals surface area (Å²) in [5.41, 5.74) is 1.28. The Morgan fingerprint density at radius 1 is 0.944 bits per heavy atom. The van der Waals surface area contributed by atoms with Crippen molar-refractivity contribution in [1.82, 2.24) is 0 Å². The first-order valence-corrected chi connectivity index (χ1v) is 6.42. The van der Waals surface area contributed by atoms with Crippen LogP contribution in [0, 0.1) is 0 Å². The quantitative estimate of drug-likeness (QED) is 0.723. The van der Waals surface area contributed by atoms with Crippen molar-refractivity contribution in [3.63, 3.8) is 0 Å². The lowest BCUT2D eigenvalue weighted by atomic mass is 10.0. The molecule has 2 rings (SSSR count). The van der Waals surface area contributed by atoms with E-state index in [9.17, 15) is 4.79 Å². The van der Waals surface area contributed by atoms with Gasteiger partial charge in [0.05, 0.1) is 0 Å². The minimum absolute atomic E-state index is 0.0401. The van der Waals surface area contributed by atoms with E-state index >= 15 is 0 Å². The molecule has 0 aromatic heterocycles. The van der Waals surface area contributed by atoms with E-state index in [0.717, 1.165) is 0 Å². The molecule has 1 nitrogen and oxygen atoms in total. The van der Waals surface area contributed by atoms with Crippen LogP contribution in [0.4, 0.5) is 0 Å². The highest BCUT2D eigenvalue weighted by Gasteiger charge is 2.10. The van der Waals surface area contributed by atoms with Crippen LogP contribution >= 0.6 is 34.8 Å². The second-order valence-corrected chi connectivity index (χ2v) is 5.13. The maximum Gasteiger partial charge on any atom is 0.167 e. The molecule has 0 fully saturated rings. The lowest BCUT2D eigenvalue weighted by Gasteiger charge is -2.05. The van der Waals surface area contributed by atoms with Gasteiger partial charge in [0.1, 0.15) is 0 Å². The molecule has 0 N–H and O–H groups in total. The molecule has 0 aliphatic carbocycles. The van der Waals surface area contributed by atoms with Crippen LogP contribution in [0.3, 0.4) is 0 Å². The summed E-state index contributed by atoms with van der Waals surface area (Å²) in [6.07, 6.45) is 0.208. The third-order valence-corrected chi connectivity index (χ3v) is 3.34. The van der Waals surface area contributed by atoms with Gasteiger partial charge < -0.3 is 0 Å². The number of carbonyl (C=O) groups is 1. The van der Waals surface area contributed by atoms with Gasteiger partial charge in [-0.3, -0.25) is 4.79 Å². The van der Waals surface area contributed by atoms with Crippen molar-refractivity contribution in [3.05, 3.63) is 68.7 Å². The zero-order valence-electron chi connectivity index (χ0n) is 9.29. The molecule has 0 atom stereocenters. The maximum atomic E-state index is 12.1. The van der Waals surface area contributed by atoms with Crippen molar-refractivity contribution in [2.24, 2.45) is 0 Å². The molecule has 2 aromatic rings. The molecular weight excluding hydrogens is 291 g/mol. The van der Waals surface area contributed by atoms with Crippen molar-refractivity contribution >= 4 is 40.6 Å². The van der Waals surface area contributed by atoms with Gasteiger partial charge in [-0.1, -0.05) is 46.9 Å². The van der Waals surface area contributed by atoms with Crippen LogP contribution in [-0.2, 0) is 6.42 Å². The van der Waals surface area contributed by atoms with Gasteiger partial charge in [-0.2, -0.15) is 0 Å². The summed E-state index contributed by atoms with van der Waals surface area (Å²) in [5, 5.41) is 1.64. The van der Waals surface area contributed by atoms with Crippen molar-refractivity contribution in [2.45, 2.75) is 6.42 Å². The van der Waals surface area contributed by atoms with Gasteiger partial charge in [0, 0.05) is 27.1 Å². The average molecular weight is 300 g/mol. The molecule has 0 unspecified atom stereocenters. The average Bonchev–Trinajstić information content (AvgIpc) is 2.34. The molecule has 0 heterocycles. The third-order valence-electron chi connectivity index (χ3n) is 2.51. The van der Waals surface area contributed by atoms with Crippen molar-refractivity contribution < 1.29 is 4.79 Å². The summed E-state index contributed by atoms with van der Waals surface area (Å²) in [4.78, 5) is 12.1. The molecule has 0 spiro atoms. The number of ketones is 1. The molecule has 92 valence electrons. The van der Waals surface area contributed by atoms with Gasteiger partial charge in [0.15, 0.2) is 5.78 Å². The van der Waals surface area contributed by atoms with E-state index in [1.54, 1.807) is 42.5 Å². The van der Waals surface area contributed by atoms with Gasteiger partial charge >= 0.3 is 0 Å². The number of halogens is 3. The number of Topliss-reactive ketones (excluding diaryl/α,β-unsaturated/α-hetero) is 1. The van der Waals surface area contributed by atoms with E-state index in [2.05, 4.69) is 0 Å². The van der Waals surface area contributed by atoms with E-state index in [0.29, 0.717) is 26.2 Å². The largest absolute Gasteiger partial charge is 0.294 e. The zero-order valence-corrected chi connectivity index (χ0v) is 11.6. The van der Waals surface area contributed by atoms with E-state index < -0.39 is 0 Å². The predicted octanol–water partition coefficient (Wildman–Crippen LogP) is 5.07. The Bertz CT molecular complexity index is 593. The Morgan fingerprint density at radius 2 is 1.67 bits per heavy atom. The minimum atomic E-state index is -0.0401. The highest BCUT2D eigenvalue weighted by molar-refractivity contribution is 6.34. The lowest BCUT2D eigenvalue weighted by molar-refractivity contribution is 0.0993. The van der Waals surface area contributed by atoms with Crippen LogP contribution in [0.15, 0.2) is 42.5 Å². The summed E-state index contributed by atoms with van der Waals surface area (Å²) >= 11 is 17.8. The highest BCUT2D eigenvalue weighted by atomic mass is 35.5. The van der Waals surface area contributed by atoms with Crippen molar-refractivity contribution in [2.75, 3.05) is 0 Å². The van der Waals surface area contributed by atoms with Gasteiger partial charge in [-0.15, -0.1) is 0 Å². The van der Waals surface area contributed by atoms with E-state index in [-0.39, 0.29) is 12.2 Å². The molecule has 0 bridgehead atoms. The zero-order chi connectivity index (χ0) is 13.1. The molecular formula is C14H9Cl3O. The normalized spacial score (nSPS) is 10.4. The van der Waals surface area contributed by atoms with Gasteiger partial charge in [-0.05, 0) is 35.9 Å². The number of hydrogen-bond acceptors (Lipinski definition) is 1. The summed E-state index contributed by atoms with van der Waals surface area (Å²) in [5.74, 6) is -0.0401. The van der Waals surface area contributed by atoms with Crippen LogP contribution in [0.25, 0.3) is 0 Å². The second-order valence-electron chi connectivity index (χ2n) is 3.85. The molecule has 0 aliphatic heterocycles. The fourth-order valence-corrected chi connectivity index (χ4v) is 2.19. The van der Waals surface area contributed by atoms with Gasteiger partial charge in [-0.25, -0.2) is 0 Å². The summed E-state index contributed by atoms with van der Waals surface area (Å²) in [6, 6.07) is 11.9. The Balaban J connectivity index is 2.24. The van der Waals surface area contributed by atoms with Crippen molar-refractivity contribution in [1.29, 1.82) is 0 Å². The fraction of sp³-hybridized carbons (Fsp3) is 0.0714. The van der Waals surface area contributed by atoms with Crippen molar-refractivity contribution in [3.8, 4) is 0 Å². The molecule has 4 heteroatoms. The van der Waals surface area contributed by atoms with Crippen LogP contribution < -0.4 is 0 Å². The molecule has 2 aromatic carbocycles. The predicted molar refractivity (Wildman–Crippen MR) is 75.9 cm³/mol. The first kappa shape index (κ1) is 13.4. The van der Waals surface area contributed by atoms with Crippen LogP contribution in [0.2, 0.25) is 15.1 Å². The highest BCUT2D eigenvalue weighted by Crippen LogP contribution is 2.22. The number of benzene rings is 2. The second kappa shape index (κ2) is 5.75. The van der Waals surface area contributed by atoms with E-state index in [1.807, 2.05) is 0 Å². The molecule has 0 aliphatic rings. The fourth-order valence-electron chi connectivity index (χ4n) is 1.62. The Morgan fingerprint density at radius 3 is 2.39 bits per heavy atom. The molecule has 0 saturated carbocycles. The van der Waals surface area contributed by atoms with Crippen LogP contribution in [0.1, 0.15) is 15.9 Å². The molecule has 18 heavy (non-hydrogen) atoms. The Labute approximate surface area is 120 Å². The minimum Gasteiger partial charge on any atom is -0.294 e. The standard InChI is InChI=1S/C14H9Cl3O/c15-11-3-1-2-9(6-11)14(18)8-10-7-12(16)4-5-13(10)17/h1-7H,8H2. The van der Waals surface area contributed by atoms with E-state index in [4.69, 9.17) is 34.8 Å². The Kier molecular flexibility index (Phi) is 4.28. The monoisotopic (exact) mass is 298 g/mol. The first-order valence-electron chi connectivity index (χ1n) is 5.29. The topological polar surface area (TPSA) is 17.1 Å². The third kappa shape index (κ3) is 3.26. The van der Waals surface area contributed by atoms with Gasteiger partial charge in [0.2, 0.25) is 0 Å². The van der Waals surface area contributed by atoms with Gasteiger partial charge in [0.25, 0.3) is 0 Å². The number of carbonyl (C=O) groups excluding carboxylic acids is 1. The molecule has 0 radical (unpaired) electrons. The Hall–Kier alpha value is -1.02. The number of hydrogen-bond donors (Lipinski definition) is 0. The SMILES string of the molecule is O=C(Cc1cc(Cl)ccc1Cl)c1cccc(Cl)c1. The molecule has 0 saturated heterocycles.